The van der Waals surface area contributed by atoms with Gasteiger partial charge in [0, 0.05) is 11.8 Å². The van der Waals surface area contributed by atoms with Gasteiger partial charge in [-0.15, -0.1) is 0 Å². The van der Waals surface area contributed by atoms with E-state index in [1.54, 1.807) is 0 Å². The molecule has 0 radical (unpaired) electrons. The zero-order valence-corrected chi connectivity index (χ0v) is 14.0. The lowest BCUT2D eigenvalue weighted by atomic mass is 9.54. The second-order valence-electron chi connectivity index (χ2n) is 9.10. The number of hydrogen-bond acceptors (Lipinski definition) is 1. The quantitative estimate of drug-likeness (QED) is 0.736. The summed E-state index contributed by atoms with van der Waals surface area (Å²) in [5.41, 5.74) is 1.39. The molecule has 0 unspecified atom stereocenters. The van der Waals surface area contributed by atoms with Gasteiger partial charge in [-0.2, -0.15) is 0 Å². The van der Waals surface area contributed by atoms with Gasteiger partial charge < -0.3 is 5.11 Å². The number of carboxylic acids is 1. The molecule has 2 fully saturated rings. The van der Waals surface area contributed by atoms with Crippen LogP contribution in [0.15, 0.2) is 12.2 Å². The maximum Gasteiger partial charge on any atom is 0.303 e. The Hall–Kier alpha value is -0.790. The van der Waals surface area contributed by atoms with Crippen LogP contribution in [0.25, 0.3) is 0 Å². The van der Waals surface area contributed by atoms with Gasteiger partial charge in [0.05, 0.1) is 0 Å². The third-order valence-electron chi connectivity index (χ3n) is 7.39. The summed E-state index contributed by atoms with van der Waals surface area (Å²) < 4.78 is 0. The second kappa shape index (κ2) is 4.36. The van der Waals surface area contributed by atoms with E-state index in [4.69, 9.17) is 5.11 Å². The Morgan fingerprint density at radius 2 is 2.00 bits per heavy atom. The highest BCUT2D eigenvalue weighted by Crippen LogP contribution is 2.79. The fraction of sp³-hybridized carbons (Fsp3) is 0.842. The molecule has 2 heteroatoms. The Bertz CT molecular complexity index is 492. The molecule has 2 nitrogen and oxygen atoms in total. The van der Waals surface area contributed by atoms with Crippen LogP contribution in [-0.4, -0.2) is 11.1 Å². The molecular weight excluding hydrogens is 260 g/mol. The van der Waals surface area contributed by atoms with Crippen molar-refractivity contribution in [2.45, 2.75) is 72.6 Å². The van der Waals surface area contributed by atoms with Crippen LogP contribution in [0.3, 0.4) is 0 Å². The molecule has 4 atom stereocenters. The van der Waals surface area contributed by atoms with Crippen LogP contribution in [0.2, 0.25) is 0 Å². The first kappa shape index (κ1) is 15.1. The number of carbonyl (C=O) groups is 1. The molecule has 118 valence electrons. The van der Waals surface area contributed by atoms with Gasteiger partial charge in [-0.1, -0.05) is 39.8 Å². The van der Waals surface area contributed by atoms with Crippen molar-refractivity contribution in [1.29, 1.82) is 0 Å². The smallest absolute Gasteiger partial charge is 0.303 e. The molecular formula is C19H30O2. The van der Waals surface area contributed by atoms with E-state index in [1.165, 1.54) is 25.7 Å². The Morgan fingerprint density at radius 1 is 1.29 bits per heavy atom. The minimum Gasteiger partial charge on any atom is -0.481 e. The van der Waals surface area contributed by atoms with E-state index in [1.807, 2.05) is 0 Å². The van der Waals surface area contributed by atoms with Gasteiger partial charge in [0.15, 0.2) is 0 Å². The van der Waals surface area contributed by atoms with Gasteiger partial charge in [-0.3, -0.25) is 4.79 Å². The first-order valence-electron chi connectivity index (χ1n) is 8.56. The van der Waals surface area contributed by atoms with E-state index in [2.05, 4.69) is 39.8 Å². The van der Waals surface area contributed by atoms with Gasteiger partial charge >= 0.3 is 5.97 Å². The van der Waals surface area contributed by atoms with Crippen molar-refractivity contribution in [3.8, 4) is 0 Å². The number of aliphatic carboxylic acids is 1. The van der Waals surface area contributed by atoms with Gasteiger partial charge in [0.2, 0.25) is 0 Å². The molecule has 0 aromatic carbocycles. The molecule has 0 amide bonds. The number of hydrogen-bond donors (Lipinski definition) is 1. The fourth-order valence-corrected chi connectivity index (χ4v) is 6.98. The highest BCUT2D eigenvalue weighted by Gasteiger charge is 2.72. The van der Waals surface area contributed by atoms with Crippen LogP contribution < -0.4 is 0 Å². The molecule has 0 saturated heterocycles. The summed E-state index contributed by atoms with van der Waals surface area (Å²) in [5.74, 6) is 0.116. The van der Waals surface area contributed by atoms with E-state index in [-0.39, 0.29) is 5.41 Å². The zero-order chi connectivity index (χ0) is 15.5. The summed E-state index contributed by atoms with van der Waals surface area (Å²) in [6.07, 6.45) is 12.3. The fourth-order valence-electron chi connectivity index (χ4n) is 6.98. The average Bonchev–Trinajstić information content (AvgIpc) is 2.85. The van der Waals surface area contributed by atoms with Crippen molar-refractivity contribution in [3.63, 3.8) is 0 Å². The van der Waals surface area contributed by atoms with Crippen molar-refractivity contribution in [3.05, 3.63) is 12.2 Å². The first-order chi connectivity index (χ1) is 9.67. The van der Waals surface area contributed by atoms with E-state index < -0.39 is 5.97 Å². The monoisotopic (exact) mass is 290 g/mol. The van der Waals surface area contributed by atoms with Crippen LogP contribution in [0.4, 0.5) is 0 Å². The molecule has 1 spiro atoms. The van der Waals surface area contributed by atoms with Crippen LogP contribution in [0.1, 0.15) is 72.6 Å². The predicted octanol–water partition coefficient (Wildman–Crippen LogP) is 5.04. The summed E-state index contributed by atoms with van der Waals surface area (Å²) in [5, 5.41) is 8.96. The second-order valence-corrected chi connectivity index (χ2v) is 9.10. The predicted molar refractivity (Wildman–Crippen MR) is 85.0 cm³/mol. The molecule has 0 aromatic rings. The molecule has 0 heterocycles. The molecule has 0 aromatic heterocycles. The molecule has 21 heavy (non-hydrogen) atoms. The largest absolute Gasteiger partial charge is 0.481 e. The summed E-state index contributed by atoms with van der Waals surface area (Å²) in [6.45, 7) is 9.86. The molecule has 2 saturated carbocycles. The van der Waals surface area contributed by atoms with Crippen molar-refractivity contribution in [1.82, 2.24) is 0 Å². The van der Waals surface area contributed by atoms with E-state index in [0.717, 1.165) is 18.8 Å². The highest BCUT2D eigenvalue weighted by atomic mass is 16.4. The third-order valence-corrected chi connectivity index (χ3v) is 7.39. The molecule has 3 aliphatic carbocycles. The first-order valence-corrected chi connectivity index (χ1v) is 8.56. The van der Waals surface area contributed by atoms with Crippen molar-refractivity contribution < 1.29 is 9.90 Å². The highest BCUT2D eigenvalue weighted by molar-refractivity contribution is 5.66. The number of allylic oxidation sites excluding steroid dienone is 2. The minimum absolute atomic E-state index is 0.280. The molecule has 1 N–H and O–H groups in total. The Balaban J connectivity index is 1.94. The van der Waals surface area contributed by atoms with E-state index >= 15 is 0 Å². The molecule has 3 aliphatic rings. The zero-order valence-electron chi connectivity index (χ0n) is 14.0. The molecule has 0 aliphatic heterocycles. The van der Waals surface area contributed by atoms with Gasteiger partial charge in [0.25, 0.3) is 0 Å². The Kier molecular flexibility index (Phi) is 3.14. The lowest BCUT2D eigenvalue weighted by Crippen LogP contribution is -2.44. The standard InChI is InChI=1S/C19H30O2/c1-16(2)13-18(4)10-6-11-19(18)14(16)8-12-17(19,3)9-5-7-15(20)21/h6,11,14H,5,7-10,12-13H2,1-4H3,(H,20,21)/t14-,17+,18-,19+/m1/s1. The molecule has 3 rings (SSSR count). The number of carboxylic acid groups (broad SMARTS) is 1. The van der Waals surface area contributed by atoms with Crippen LogP contribution >= 0.6 is 0 Å². The van der Waals surface area contributed by atoms with E-state index in [0.29, 0.717) is 22.7 Å². The minimum atomic E-state index is -0.651. The normalized spacial score (nSPS) is 46.6. The summed E-state index contributed by atoms with van der Waals surface area (Å²) in [7, 11) is 0. The lowest BCUT2D eigenvalue weighted by Gasteiger charge is -2.50. The maximum atomic E-state index is 10.9. The van der Waals surface area contributed by atoms with Crippen molar-refractivity contribution in [2.75, 3.05) is 0 Å². The summed E-state index contributed by atoms with van der Waals surface area (Å²) >= 11 is 0. The average molecular weight is 290 g/mol. The number of rotatable bonds is 4. The van der Waals surface area contributed by atoms with Crippen LogP contribution in [0, 0.1) is 27.6 Å². The van der Waals surface area contributed by atoms with E-state index in [9.17, 15) is 4.79 Å². The Morgan fingerprint density at radius 3 is 2.67 bits per heavy atom. The van der Waals surface area contributed by atoms with Gasteiger partial charge in [-0.25, -0.2) is 0 Å². The van der Waals surface area contributed by atoms with Crippen LogP contribution in [0.5, 0.6) is 0 Å². The van der Waals surface area contributed by atoms with Gasteiger partial charge in [-0.05, 0) is 60.7 Å². The van der Waals surface area contributed by atoms with Gasteiger partial charge in [0.1, 0.15) is 0 Å². The van der Waals surface area contributed by atoms with Crippen molar-refractivity contribution in [2.24, 2.45) is 27.6 Å². The van der Waals surface area contributed by atoms with Crippen molar-refractivity contribution >= 4 is 5.97 Å². The third kappa shape index (κ3) is 1.80. The molecule has 0 bridgehead atoms. The summed E-state index contributed by atoms with van der Waals surface area (Å²) in [6, 6.07) is 0. The topological polar surface area (TPSA) is 37.3 Å². The lowest BCUT2D eigenvalue weighted by molar-refractivity contribution is -0.137. The Labute approximate surface area is 129 Å². The maximum absolute atomic E-state index is 10.9. The SMILES string of the molecule is CC1(C)C[C@@]2(C)CC=C[C@@]23[C@@H]1CC[C@]3(C)CCCC(=O)O. The van der Waals surface area contributed by atoms with Crippen LogP contribution in [-0.2, 0) is 4.79 Å². The summed E-state index contributed by atoms with van der Waals surface area (Å²) in [4.78, 5) is 10.9.